The fraction of sp³-hybridized carbons (Fsp3) is 0.231. The number of hydrogen-bond donors (Lipinski definition) is 1. The molecule has 1 aromatic heterocycles. The number of hydrogen-bond acceptors (Lipinski definition) is 3. The molecular formula is C13H13Cl2N3. The first-order chi connectivity index (χ1) is 8.69. The van der Waals surface area contributed by atoms with E-state index in [1.807, 2.05) is 18.2 Å². The Labute approximate surface area is 116 Å². The van der Waals surface area contributed by atoms with Crippen molar-refractivity contribution in [1.82, 2.24) is 9.97 Å². The van der Waals surface area contributed by atoms with Crippen molar-refractivity contribution in [3.05, 3.63) is 40.5 Å². The Kier molecular flexibility index (Phi) is 4.39. The molecule has 18 heavy (non-hydrogen) atoms. The van der Waals surface area contributed by atoms with E-state index < -0.39 is 0 Å². The highest BCUT2D eigenvalue weighted by Crippen LogP contribution is 2.26. The maximum Gasteiger partial charge on any atom is 0.223 e. The van der Waals surface area contributed by atoms with Gasteiger partial charge in [-0.3, -0.25) is 0 Å². The quantitative estimate of drug-likeness (QED) is 0.909. The highest BCUT2D eigenvalue weighted by molar-refractivity contribution is 6.35. The van der Waals surface area contributed by atoms with Crippen LogP contribution in [-0.2, 0) is 0 Å². The second kappa shape index (κ2) is 6.03. The summed E-state index contributed by atoms with van der Waals surface area (Å²) in [6.45, 7) is 2.94. The molecule has 0 atom stereocenters. The highest BCUT2D eigenvalue weighted by Gasteiger charge is 2.04. The van der Waals surface area contributed by atoms with Crippen molar-refractivity contribution in [3.8, 4) is 11.3 Å². The summed E-state index contributed by atoms with van der Waals surface area (Å²) in [7, 11) is 0. The smallest absolute Gasteiger partial charge is 0.223 e. The fourth-order valence-corrected chi connectivity index (χ4v) is 2.07. The van der Waals surface area contributed by atoms with Crippen LogP contribution in [0.2, 0.25) is 10.0 Å². The molecular weight excluding hydrogens is 269 g/mol. The van der Waals surface area contributed by atoms with Gasteiger partial charge in [-0.05, 0) is 30.7 Å². The lowest BCUT2D eigenvalue weighted by Gasteiger charge is -2.06. The predicted molar refractivity (Wildman–Crippen MR) is 76.3 cm³/mol. The van der Waals surface area contributed by atoms with Crippen LogP contribution in [0.15, 0.2) is 30.5 Å². The largest absolute Gasteiger partial charge is 0.354 e. The van der Waals surface area contributed by atoms with Crippen LogP contribution in [0.3, 0.4) is 0 Å². The standard InChI is InChI=1S/C13H13Cl2N3/c1-2-4-16-13-17-5-3-12(18-13)9-6-10(14)8-11(15)7-9/h3,5-8H,2,4H2,1H3,(H,16,17,18). The number of benzene rings is 1. The van der Waals surface area contributed by atoms with Gasteiger partial charge in [0.25, 0.3) is 0 Å². The summed E-state index contributed by atoms with van der Waals surface area (Å²) < 4.78 is 0. The van der Waals surface area contributed by atoms with E-state index in [1.165, 1.54) is 0 Å². The molecule has 0 amide bonds. The summed E-state index contributed by atoms with van der Waals surface area (Å²) in [5.41, 5.74) is 1.68. The minimum absolute atomic E-state index is 0.596. The summed E-state index contributed by atoms with van der Waals surface area (Å²) in [6.07, 6.45) is 2.74. The van der Waals surface area contributed by atoms with Crippen LogP contribution >= 0.6 is 23.2 Å². The van der Waals surface area contributed by atoms with Crippen LogP contribution in [0, 0.1) is 0 Å². The van der Waals surface area contributed by atoms with Gasteiger partial charge in [0.1, 0.15) is 0 Å². The average Bonchev–Trinajstić information content (AvgIpc) is 2.35. The van der Waals surface area contributed by atoms with Crippen molar-refractivity contribution in [2.24, 2.45) is 0 Å². The first-order valence-electron chi connectivity index (χ1n) is 5.72. The monoisotopic (exact) mass is 281 g/mol. The number of aromatic nitrogens is 2. The number of halogens is 2. The van der Waals surface area contributed by atoms with Gasteiger partial charge in [-0.25, -0.2) is 9.97 Å². The van der Waals surface area contributed by atoms with Crippen molar-refractivity contribution in [2.45, 2.75) is 13.3 Å². The van der Waals surface area contributed by atoms with Gasteiger partial charge in [0.05, 0.1) is 5.69 Å². The zero-order chi connectivity index (χ0) is 13.0. The summed E-state index contributed by atoms with van der Waals surface area (Å²) in [5, 5.41) is 4.34. The molecule has 1 N–H and O–H groups in total. The van der Waals surface area contributed by atoms with Gasteiger partial charge < -0.3 is 5.32 Å². The van der Waals surface area contributed by atoms with E-state index in [2.05, 4.69) is 22.2 Å². The molecule has 1 heterocycles. The highest BCUT2D eigenvalue weighted by atomic mass is 35.5. The summed E-state index contributed by atoms with van der Waals surface area (Å²) in [6, 6.07) is 7.20. The summed E-state index contributed by atoms with van der Waals surface area (Å²) in [4.78, 5) is 8.58. The molecule has 2 aromatic rings. The Morgan fingerprint density at radius 2 is 1.89 bits per heavy atom. The predicted octanol–water partition coefficient (Wildman–Crippen LogP) is 4.27. The van der Waals surface area contributed by atoms with E-state index in [0.717, 1.165) is 24.2 Å². The molecule has 0 saturated heterocycles. The normalized spacial score (nSPS) is 10.4. The first kappa shape index (κ1) is 13.1. The molecule has 0 aliphatic carbocycles. The average molecular weight is 282 g/mol. The van der Waals surface area contributed by atoms with Crippen molar-refractivity contribution in [3.63, 3.8) is 0 Å². The second-order valence-corrected chi connectivity index (χ2v) is 4.72. The molecule has 5 heteroatoms. The van der Waals surface area contributed by atoms with Gasteiger partial charge in [-0.2, -0.15) is 0 Å². The second-order valence-electron chi connectivity index (χ2n) is 3.85. The molecule has 94 valence electrons. The lowest BCUT2D eigenvalue weighted by molar-refractivity contribution is 0.953. The molecule has 0 aliphatic rings. The van der Waals surface area contributed by atoms with Crippen molar-refractivity contribution >= 4 is 29.2 Å². The zero-order valence-corrected chi connectivity index (χ0v) is 11.5. The SMILES string of the molecule is CCCNc1nccc(-c2cc(Cl)cc(Cl)c2)n1. The molecule has 3 nitrogen and oxygen atoms in total. The van der Waals surface area contributed by atoms with Crippen LogP contribution in [0.1, 0.15) is 13.3 Å². The van der Waals surface area contributed by atoms with E-state index in [0.29, 0.717) is 16.0 Å². The number of anilines is 1. The minimum Gasteiger partial charge on any atom is -0.354 e. The Hall–Kier alpha value is -1.32. The van der Waals surface area contributed by atoms with Crippen molar-refractivity contribution < 1.29 is 0 Å². The lowest BCUT2D eigenvalue weighted by atomic mass is 10.1. The van der Waals surface area contributed by atoms with E-state index in [1.54, 1.807) is 12.3 Å². The Morgan fingerprint density at radius 3 is 2.56 bits per heavy atom. The topological polar surface area (TPSA) is 37.8 Å². The molecule has 0 bridgehead atoms. The third-order valence-corrected chi connectivity index (χ3v) is 2.78. The van der Waals surface area contributed by atoms with Gasteiger partial charge in [0.2, 0.25) is 5.95 Å². The number of nitrogens with one attached hydrogen (secondary N) is 1. The zero-order valence-electron chi connectivity index (χ0n) is 9.95. The van der Waals surface area contributed by atoms with Gasteiger partial charge in [-0.15, -0.1) is 0 Å². The van der Waals surface area contributed by atoms with Gasteiger partial charge in [-0.1, -0.05) is 30.1 Å². The molecule has 0 unspecified atom stereocenters. The molecule has 1 aromatic carbocycles. The van der Waals surface area contributed by atoms with Crippen molar-refractivity contribution in [2.75, 3.05) is 11.9 Å². The Morgan fingerprint density at radius 1 is 1.17 bits per heavy atom. The van der Waals surface area contributed by atoms with E-state index in [9.17, 15) is 0 Å². The van der Waals surface area contributed by atoms with Gasteiger partial charge in [0.15, 0.2) is 0 Å². The molecule has 0 aliphatic heterocycles. The third kappa shape index (κ3) is 3.34. The Balaban J connectivity index is 2.32. The summed E-state index contributed by atoms with van der Waals surface area (Å²) >= 11 is 12.0. The molecule has 0 radical (unpaired) electrons. The first-order valence-corrected chi connectivity index (χ1v) is 6.48. The van der Waals surface area contributed by atoms with Gasteiger partial charge in [0, 0.05) is 28.4 Å². The van der Waals surface area contributed by atoms with Crippen LogP contribution in [0.25, 0.3) is 11.3 Å². The van der Waals surface area contributed by atoms with Crippen LogP contribution in [0.5, 0.6) is 0 Å². The van der Waals surface area contributed by atoms with Crippen LogP contribution < -0.4 is 5.32 Å². The molecule has 2 rings (SSSR count). The maximum atomic E-state index is 5.98. The summed E-state index contributed by atoms with van der Waals surface area (Å²) in [5.74, 6) is 0.616. The van der Waals surface area contributed by atoms with Gasteiger partial charge >= 0.3 is 0 Å². The van der Waals surface area contributed by atoms with Crippen molar-refractivity contribution in [1.29, 1.82) is 0 Å². The van der Waals surface area contributed by atoms with Crippen LogP contribution in [0.4, 0.5) is 5.95 Å². The minimum atomic E-state index is 0.596. The number of nitrogens with zero attached hydrogens (tertiary/aromatic N) is 2. The maximum absolute atomic E-state index is 5.98. The van der Waals surface area contributed by atoms with E-state index >= 15 is 0 Å². The lowest BCUT2D eigenvalue weighted by Crippen LogP contribution is -2.04. The molecule has 0 fully saturated rings. The molecule has 0 saturated carbocycles. The number of rotatable bonds is 4. The Bertz CT molecular complexity index is 523. The van der Waals surface area contributed by atoms with E-state index in [4.69, 9.17) is 23.2 Å². The third-order valence-electron chi connectivity index (χ3n) is 2.35. The van der Waals surface area contributed by atoms with E-state index in [-0.39, 0.29) is 0 Å². The molecule has 0 spiro atoms. The fourth-order valence-electron chi connectivity index (χ4n) is 1.54. The van der Waals surface area contributed by atoms with Crippen LogP contribution in [-0.4, -0.2) is 16.5 Å².